The fourth-order valence-electron chi connectivity index (χ4n) is 2.55. The summed E-state index contributed by atoms with van der Waals surface area (Å²) in [6, 6.07) is 9.09. The molecule has 0 radical (unpaired) electrons. The van der Waals surface area contributed by atoms with Crippen molar-refractivity contribution in [3.63, 3.8) is 0 Å². The molecule has 1 aromatic carbocycles. The Morgan fingerprint density at radius 3 is 2.17 bits per heavy atom. The molecule has 0 aliphatic rings. The summed E-state index contributed by atoms with van der Waals surface area (Å²) in [5.74, 6) is -2.14. The summed E-state index contributed by atoms with van der Waals surface area (Å²) in [6.07, 6.45) is 1.25. The minimum Gasteiger partial charge on any atom is -0.465 e. The smallest absolute Gasteiger partial charge is 0.325 e. The lowest BCUT2D eigenvalue weighted by Crippen LogP contribution is -2.29. The molecular formula is C21H26ClN3O4. The van der Waals surface area contributed by atoms with Gasteiger partial charge in [0.1, 0.15) is 0 Å². The van der Waals surface area contributed by atoms with Crippen LogP contribution in [0, 0.1) is 5.92 Å². The molecule has 0 saturated carbocycles. The average molecular weight is 420 g/mol. The first-order valence-corrected chi connectivity index (χ1v) is 9.79. The molecule has 0 atom stereocenters. The molecule has 0 saturated heterocycles. The second-order valence-electron chi connectivity index (χ2n) is 7.24. The van der Waals surface area contributed by atoms with E-state index in [1.807, 2.05) is 32.9 Å². The number of nitrogens with zero attached hydrogens (tertiary/aromatic N) is 3. The third-order valence-corrected chi connectivity index (χ3v) is 4.15. The molecule has 2 aromatic rings. The van der Waals surface area contributed by atoms with Crippen LogP contribution < -0.4 is 0 Å². The van der Waals surface area contributed by atoms with Crippen LogP contribution in [0.1, 0.15) is 34.6 Å². The predicted molar refractivity (Wildman–Crippen MR) is 113 cm³/mol. The summed E-state index contributed by atoms with van der Waals surface area (Å²) in [7, 11) is 0. The molecule has 29 heavy (non-hydrogen) atoms. The van der Waals surface area contributed by atoms with E-state index in [1.165, 1.54) is 6.21 Å². The maximum atomic E-state index is 12.2. The molecule has 1 aromatic heterocycles. The Morgan fingerprint density at radius 1 is 1.14 bits per heavy atom. The highest BCUT2D eigenvalue weighted by atomic mass is 35.5. The zero-order valence-corrected chi connectivity index (χ0v) is 18.1. The van der Waals surface area contributed by atoms with Crippen LogP contribution in [0.5, 0.6) is 0 Å². The van der Waals surface area contributed by atoms with Crippen molar-refractivity contribution in [1.29, 1.82) is 0 Å². The lowest BCUT2D eigenvalue weighted by Gasteiger charge is -2.20. The van der Waals surface area contributed by atoms with Crippen molar-refractivity contribution in [2.24, 2.45) is 10.9 Å². The molecule has 0 aliphatic heterocycles. The SMILES string of the molecule is CCOC(=O)C(C=Nc1cc(-c2ccc(Cl)cc2)nn1C(C)(C)C)C(=O)OCC. The van der Waals surface area contributed by atoms with Crippen molar-refractivity contribution in [1.82, 2.24) is 9.78 Å². The molecule has 1 heterocycles. The Bertz CT molecular complexity index is 864. The van der Waals surface area contributed by atoms with Gasteiger partial charge in [0.2, 0.25) is 0 Å². The van der Waals surface area contributed by atoms with Crippen LogP contribution in [0.4, 0.5) is 5.82 Å². The van der Waals surface area contributed by atoms with Crippen molar-refractivity contribution < 1.29 is 19.1 Å². The summed E-state index contributed by atoms with van der Waals surface area (Å²) < 4.78 is 11.7. The van der Waals surface area contributed by atoms with Gasteiger partial charge in [-0.25, -0.2) is 9.67 Å². The first-order valence-electron chi connectivity index (χ1n) is 9.41. The number of aliphatic imine (C=N–C) groups is 1. The summed E-state index contributed by atoms with van der Waals surface area (Å²) in [6.45, 7) is 9.61. The van der Waals surface area contributed by atoms with Gasteiger partial charge in [0.15, 0.2) is 11.7 Å². The Labute approximate surface area is 175 Å². The molecule has 0 fully saturated rings. The van der Waals surface area contributed by atoms with Crippen molar-refractivity contribution in [3.05, 3.63) is 35.4 Å². The number of rotatable bonds is 7. The van der Waals surface area contributed by atoms with Crippen molar-refractivity contribution in [2.75, 3.05) is 13.2 Å². The molecule has 0 unspecified atom stereocenters. The highest BCUT2D eigenvalue weighted by molar-refractivity contribution is 6.30. The van der Waals surface area contributed by atoms with Gasteiger partial charge in [-0.2, -0.15) is 5.10 Å². The number of hydrogen-bond acceptors (Lipinski definition) is 6. The average Bonchev–Trinajstić information content (AvgIpc) is 3.07. The number of carbonyl (C=O) groups excluding carboxylic acids is 2. The molecule has 0 spiro atoms. The molecule has 8 heteroatoms. The molecule has 0 aliphatic carbocycles. The summed E-state index contributed by atoms with van der Waals surface area (Å²) in [5.41, 5.74) is 1.20. The molecule has 0 amide bonds. The molecule has 0 bridgehead atoms. The van der Waals surface area contributed by atoms with Crippen molar-refractivity contribution >= 4 is 35.6 Å². The quantitative estimate of drug-likeness (QED) is 0.377. The van der Waals surface area contributed by atoms with Crippen molar-refractivity contribution in [2.45, 2.75) is 40.2 Å². The molecule has 156 valence electrons. The number of ether oxygens (including phenoxy) is 2. The lowest BCUT2D eigenvalue weighted by atomic mass is 10.1. The topological polar surface area (TPSA) is 82.8 Å². The largest absolute Gasteiger partial charge is 0.465 e. The van der Waals surface area contributed by atoms with E-state index >= 15 is 0 Å². The maximum Gasteiger partial charge on any atom is 0.325 e. The number of esters is 2. The minimum atomic E-state index is -1.24. The molecule has 0 N–H and O–H groups in total. The third-order valence-electron chi connectivity index (χ3n) is 3.90. The number of halogens is 1. The predicted octanol–water partition coefficient (Wildman–Crippen LogP) is 4.40. The number of benzene rings is 1. The second kappa shape index (κ2) is 9.69. The van der Waals surface area contributed by atoms with Gasteiger partial charge in [0, 0.05) is 22.9 Å². The van der Waals surface area contributed by atoms with Gasteiger partial charge in [-0.3, -0.25) is 9.59 Å². The van der Waals surface area contributed by atoms with Gasteiger partial charge in [0.25, 0.3) is 0 Å². The lowest BCUT2D eigenvalue weighted by molar-refractivity contribution is -0.157. The van der Waals surface area contributed by atoms with Gasteiger partial charge >= 0.3 is 11.9 Å². The van der Waals surface area contributed by atoms with Gasteiger partial charge < -0.3 is 9.47 Å². The van der Waals surface area contributed by atoms with E-state index in [1.54, 1.807) is 36.7 Å². The van der Waals surface area contributed by atoms with Gasteiger partial charge in [0.05, 0.1) is 24.4 Å². The molecular weight excluding hydrogens is 394 g/mol. The Balaban J connectivity index is 2.43. The van der Waals surface area contributed by atoms with E-state index < -0.39 is 17.9 Å². The first kappa shape index (κ1) is 22.6. The van der Waals surface area contributed by atoms with E-state index in [9.17, 15) is 9.59 Å². The summed E-state index contributed by atoms with van der Waals surface area (Å²) in [5, 5.41) is 5.28. The number of hydrogen-bond donors (Lipinski definition) is 0. The minimum absolute atomic E-state index is 0.156. The van der Waals surface area contributed by atoms with Crippen LogP contribution in [0.15, 0.2) is 35.3 Å². The fourth-order valence-corrected chi connectivity index (χ4v) is 2.68. The van der Waals surface area contributed by atoms with Crippen LogP contribution >= 0.6 is 11.6 Å². The van der Waals surface area contributed by atoms with E-state index in [0.29, 0.717) is 16.5 Å². The Hall–Kier alpha value is -2.67. The zero-order valence-electron chi connectivity index (χ0n) is 17.3. The van der Waals surface area contributed by atoms with Crippen LogP contribution in [-0.2, 0) is 24.6 Å². The van der Waals surface area contributed by atoms with E-state index in [2.05, 4.69) is 10.1 Å². The van der Waals surface area contributed by atoms with Gasteiger partial charge in [-0.1, -0.05) is 23.7 Å². The Kier molecular flexibility index (Phi) is 7.56. The maximum absolute atomic E-state index is 12.2. The van der Waals surface area contributed by atoms with Crippen molar-refractivity contribution in [3.8, 4) is 11.3 Å². The number of aromatic nitrogens is 2. The summed E-state index contributed by atoms with van der Waals surface area (Å²) >= 11 is 5.97. The standard InChI is InChI=1S/C21H26ClN3O4/c1-6-28-19(26)16(20(27)29-7-2)13-23-18-12-17(24-25(18)21(3,4)5)14-8-10-15(22)11-9-14/h8-13,16H,6-7H2,1-5H3. The second-order valence-corrected chi connectivity index (χ2v) is 7.67. The summed E-state index contributed by atoms with van der Waals surface area (Å²) in [4.78, 5) is 28.7. The van der Waals surface area contributed by atoms with E-state index in [4.69, 9.17) is 21.1 Å². The normalized spacial score (nSPS) is 11.8. The van der Waals surface area contributed by atoms with Crippen LogP contribution in [-0.4, -0.2) is 41.1 Å². The highest BCUT2D eigenvalue weighted by Gasteiger charge is 2.28. The van der Waals surface area contributed by atoms with Gasteiger partial charge in [-0.05, 0) is 46.8 Å². The first-order chi connectivity index (χ1) is 13.7. The van der Waals surface area contributed by atoms with E-state index in [0.717, 1.165) is 5.56 Å². The van der Waals surface area contributed by atoms with Crippen LogP contribution in [0.2, 0.25) is 5.02 Å². The van der Waals surface area contributed by atoms with Gasteiger partial charge in [-0.15, -0.1) is 0 Å². The zero-order chi connectivity index (χ0) is 21.6. The third kappa shape index (κ3) is 5.90. The monoisotopic (exact) mass is 419 g/mol. The molecule has 2 rings (SSSR count). The Morgan fingerprint density at radius 2 is 1.69 bits per heavy atom. The fraction of sp³-hybridized carbons (Fsp3) is 0.429. The van der Waals surface area contributed by atoms with Crippen LogP contribution in [0.3, 0.4) is 0 Å². The van der Waals surface area contributed by atoms with Crippen LogP contribution in [0.25, 0.3) is 11.3 Å². The highest BCUT2D eigenvalue weighted by Crippen LogP contribution is 2.29. The molecule has 7 nitrogen and oxygen atoms in total. The number of carbonyl (C=O) groups is 2. The van der Waals surface area contributed by atoms with E-state index in [-0.39, 0.29) is 18.8 Å².